The third-order valence-electron chi connectivity index (χ3n) is 2.44. The third kappa shape index (κ3) is 3.59. The maximum atomic E-state index is 8.74. The lowest BCUT2D eigenvalue weighted by Crippen LogP contribution is -2.04. The standard InChI is InChI=1S/C14H13ClN4O/c1-2-7-17-14-18-9-12(15)13(19-14)20-11-5-3-10(8-16)4-6-11/h3-6,9H,2,7H2,1H3,(H,17,18,19). The molecule has 1 aromatic carbocycles. The van der Waals surface area contributed by atoms with Crippen molar-refractivity contribution >= 4 is 17.5 Å². The van der Waals surface area contributed by atoms with Gasteiger partial charge in [0.25, 0.3) is 0 Å². The Morgan fingerprint density at radius 3 is 2.75 bits per heavy atom. The monoisotopic (exact) mass is 288 g/mol. The molecule has 0 radical (unpaired) electrons. The number of nitriles is 1. The maximum Gasteiger partial charge on any atom is 0.243 e. The van der Waals surface area contributed by atoms with Crippen molar-refractivity contribution < 1.29 is 4.74 Å². The summed E-state index contributed by atoms with van der Waals surface area (Å²) in [4.78, 5) is 8.27. The molecule has 102 valence electrons. The summed E-state index contributed by atoms with van der Waals surface area (Å²) in [5.41, 5.74) is 0.566. The summed E-state index contributed by atoms with van der Waals surface area (Å²) in [6, 6.07) is 8.76. The molecule has 0 fully saturated rings. The van der Waals surface area contributed by atoms with Gasteiger partial charge in [-0.25, -0.2) is 4.98 Å². The molecule has 5 nitrogen and oxygen atoms in total. The molecule has 0 saturated heterocycles. The zero-order valence-corrected chi connectivity index (χ0v) is 11.7. The van der Waals surface area contributed by atoms with Gasteiger partial charge in [0.2, 0.25) is 11.8 Å². The maximum absolute atomic E-state index is 8.74. The van der Waals surface area contributed by atoms with Crippen LogP contribution < -0.4 is 10.1 Å². The average Bonchev–Trinajstić information content (AvgIpc) is 2.49. The van der Waals surface area contributed by atoms with Crippen LogP contribution in [0.25, 0.3) is 0 Å². The molecule has 0 atom stereocenters. The molecular weight excluding hydrogens is 276 g/mol. The fourth-order valence-corrected chi connectivity index (χ4v) is 1.58. The van der Waals surface area contributed by atoms with Gasteiger partial charge >= 0.3 is 0 Å². The van der Waals surface area contributed by atoms with Crippen molar-refractivity contribution in [1.29, 1.82) is 5.26 Å². The van der Waals surface area contributed by atoms with Crippen molar-refractivity contribution in [2.75, 3.05) is 11.9 Å². The van der Waals surface area contributed by atoms with Crippen LogP contribution in [-0.4, -0.2) is 16.5 Å². The molecule has 0 spiro atoms. The molecule has 1 N–H and O–H groups in total. The van der Waals surface area contributed by atoms with E-state index < -0.39 is 0 Å². The van der Waals surface area contributed by atoms with Crippen LogP contribution in [-0.2, 0) is 0 Å². The number of halogens is 1. The lowest BCUT2D eigenvalue weighted by molar-refractivity contribution is 0.462. The lowest BCUT2D eigenvalue weighted by atomic mass is 10.2. The van der Waals surface area contributed by atoms with Gasteiger partial charge in [-0.15, -0.1) is 0 Å². The van der Waals surface area contributed by atoms with Crippen molar-refractivity contribution in [1.82, 2.24) is 9.97 Å². The molecule has 0 aliphatic rings. The fraction of sp³-hybridized carbons (Fsp3) is 0.214. The highest BCUT2D eigenvalue weighted by Crippen LogP contribution is 2.27. The van der Waals surface area contributed by atoms with E-state index in [4.69, 9.17) is 21.6 Å². The molecule has 0 aliphatic carbocycles. The summed E-state index contributed by atoms with van der Waals surface area (Å²) in [5, 5.41) is 12.1. The summed E-state index contributed by atoms with van der Waals surface area (Å²) >= 11 is 6.01. The molecule has 0 aliphatic heterocycles. The fourth-order valence-electron chi connectivity index (χ4n) is 1.45. The first-order chi connectivity index (χ1) is 9.72. The average molecular weight is 289 g/mol. The Labute approximate surface area is 122 Å². The van der Waals surface area contributed by atoms with Crippen LogP contribution in [0.15, 0.2) is 30.5 Å². The SMILES string of the molecule is CCCNc1ncc(Cl)c(Oc2ccc(C#N)cc2)n1. The van der Waals surface area contributed by atoms with Gasteiger partial charge in [0, 0.05) is 6.54 Å². The van der Waals surface area contributed by atoms with Gasteiger partial charge in [-0.1, -0.05) is 18.5 Å². The van der Waals surface area contributed by atoms with Crippen molar-refractivity contribution in [3.05, 3.63) is 41.0 Å². The molecule has 2 rings (SSSR count). The first kappa shape index (κ1) is 14.1. The largest absolute Gasteiger partial charge is 0.437 e. The molecular formula is C14H13ClN4O. The molecule has 1 aromatic heterocycles. The minimum atomic E-state index is 0.282. The van der Waals surface area contributed by atoms with Crippen molar-refractivity contribution in [2.24, 2.45) is 0 Å². The highest BCUT2D eigenvalue weighted by molar-refractivity contribution is 6.31. The number of aromatic nitrogens is 2. The van der Waals surface area contributed by atoms with Crippen LogP contribution in [0.3, 0.4) is 0 Å². The Kier molecular flexibility index (Phi) is 4.75. The quantitative estimate of drug-likeness (QED) is 0.910. The highest BCUT2D eigenvalue weighted by Gasteiger charge is 2.08. The number of hydrogen-bond acceptors (Lipinski definition) is 5. The molecule has 6 heteroatoms. The Morgan fingerprint density at radius 1 is 1.35 bits per heavy atom. The predicted molar refractivity (Wildman–Crippen MR) is 77.1 cm³/mol. The van der Waals surface area contributed by atoms with Gasteiger partial charge in [-0.2, -0.15) is 10.2 Å². The van der Waals surface area contributed by atoms with Crippen molar-refractivity contribution in [2.45, 2.75) is 13.3 Å². The highest BCUT2D eigenvalue weighted by atomic mass is 35.5. The van der Waals surface area contributed by atoms with E-state index in [1.807, 2.05) is 6.07 Å². The second kappa shape index (κ2) is 6.73. The minimum Gasteiger partial charge on any atom is -0.437 e. The number of hydrogen-bond donors (Lipinski definition) is 1. The van der Waals surface area contributed by atoms with Crippen LogP contribution in [0.1, 0.15) is 18.9 Å². The van der Waals surface area contributed by atoms with E-state index in [1.54, 1.807) is 24.3 Å². The second-order valence-corrected chi connectivity index (χ2v) is 4.42. The molecule has 0 saturated carbocycles. The Hall–Kier alpha value is -2.32. The number of nitrogens with zero attached hydrogens (tertiary/aromatic N) is 3. The van der Waals surface area contributed by atoms with E-state index in [1.165, 1.54) is 6.20 Å². The number of rotatable bonds is 5. The van der Waals surface area contributed by atoms with E-state index in [0.717, 1.165) is 13.0 Å². The van der Waals surface area contributed by atoms with Crippen molar-refractivity contribution in [3.8, 4) is 17.7 Å². The second-order valence-electron chi connectivity index (χ2n) is 4.01. The van der Waals surface area contributed by atoms with E-state index in [2.05, 4.69) is 22.2 Å². The minimum absolute atomic E-state index is 0.282. The summed E-state index contributed by atoms with van der Waals surface area (Å²) in [7, 11) is 0. The number of anilines is 1. The van der Waals surface area contributed by atoms with Crippen LogP contribution in [0, 0.1) is 11.3 Å². The molecule has 20 heavy (non-hydrogen) atoms. The summed E-state index contributed by atoms with van der Waals surface area (Å²) in [6.45, 7) is 2.83. The van der Waals surface area contributed by atoms with Gasteiger partial charge in [0.15, 0.2) is 0 Å². The van der Waals surface area contributed by atoms with E-state index in [9.17, 15) is 0 Å². The molecule has 2 aromatic rings. The lowest BCUT2D eigenvalue weighted by Gasteiger charge is -2.08. The van der Waals surface area contributed by atoms with E-state index in [-0.39, 0.29) is 5.88 Å². The molecule has 1 heterocycles. The first-order valence-electron chi connectivity index (χ1n) is 6.17. The predicted octanol–water partition coefficient (Wildman–Crippen LogP) is 3.62. The van der Waals surface area contributed by atoms with Gasteiger partial charge in [0.05, 0.1) is 17.8 Å². The van der Waals surface area contributed by atoms with Gasteiger partial charge < -0.3 is 10.1 Å². The van der Waals surface area contributed by atoms with E-state index in [0.29, 0.717) is 22.3 Å². The number of ether oxygens (including phenoxy) is 1. The number of nitrogens with one attached hydrogen (secondary N) is 1. The molecule has 0 amide bonds. The van der Waals surface area contributed by atoms with Crippen LogP contribution in [0.5, 0.6) is 11.6 Å². The zero-order valence-electron chi connectivity index (χ0n) is 10.9. The van der Waals surface area contributed by atoms with Gasteiger partial charge in [-0.3, -0.25) is 0 Å². The smallest absolute Gasteiger partial charge is 0.243 e. The first-order valence-corrected chi connectivity index (χ1v) is 6.55. The third-order valence-corrected chi connectivity index (χ3v) is 2.70. The number of benzene rings is 1. The van der Waals surface area contributed by atoms with Gasteiger partial charge in [0.1, 0.15) is 10.8 Å². The Morgan fingerprint density at radius 2 is 2.10 bits per heavy atom. The van der Waals surface area contributed by atoms with Gasteiger partial charge in [-0.05, 0) is 30.7 Å². The Balaban J connectivity index is 2.16. The molecule has 0 unspecified atom stereocenters. The van der Waals surface area contributed by atoms with Crippen LogP contribution in [0.4, 0.5) is 5.95 Å². The summed E-state index contributed by atoms with van der Waals surface area (Å²) < 4.78 is 5.60. The topological polar surface area (TPSA) is 70.8 Å². The zero-order chi connectivity index (χ0) is 14.4. The van der Waals surface area contributed by atoms with Crippen LogP contribution in [0.2, 0.25) is 5.02 Å². The van der Waals surface area contributed by atoms with Crippen LogP contribution >= 0.6 is 11.6 Å². The molecule has 0 bridgehead atoms. The summed E-state index contributed by atoms with van der Waals surface area (Å²) in [6.07, 6.45) is 2.46. The van der Waals surface area contributed by atoms with E-state index >= 15 is 0 Å². The normalized spacial score (nSPS) is 9.85. The van der Waals surface area contributed by atoms with Crippen molar-refractivity contribution in [3.63, 3.8) is 0 Å². The summed E-state index contributed by atoms with van der Waals surface area (Å²) in [5.74, 6) is 1.32. The Bertz CT molecular complexity index is 622.